The van der Waals surface area contributed by atoms with Crippen LogP contribution in [-0.4, -0.2) is 31.1 Å². The summed E-state index contributed by atoms with van der Waals surface area (Å²) < 4.78 is 16.6. The summed E-state index contributed by atoms with van der Waals surface area (Å²) >= 11 is 0. The topological polar surface area (TPSA) is 44.8 Å². The van der Waals surface area contributed by atoms with Crippen molar-refractivity contribution in [1.82, 2.24) is 0 Å². The quantitative estimate of drug-likeness (QED) is 0.281. The second-order valence-corrected chi connectivity index (χ2v) is 5.42. The third kappa shape index (κ3) is 6.06. The van der Waals surface area contributed by atoms with Gasteiger partial charge in [0, 0.05) is 6.08 Å². The highest BCUT2D eigenvalue weighted by atomic mass is 16.7. The van der Waals surface area contributed by atoms with E-state index in [1.165, 1.54) is 19.3 Å². The molecule has 1 unspecified atom stereocenters. The molecule has 0 aromatic heterocycles. The van der Waals surface area contributed by atoms with Crippen molar-refractivity contribution in [1.29, 1.82) is 0 Å². The Labute approximate surface area is 122 Å². The molecule has 0 amide bonds. The zero-order chi connectivity index (χ0) is 14.8. The van der Waals surface area contributed by atoms with E-state index in [-0.39, 0.29) is 18.5 Å². The molecule has 1 aliphatic carbocycles. The van der Waals surface area contributed by atoms with Crippen LogP contribution in [0.4, 0.5) is 0 Å². The Morgan fingerprint density at radius 1 is 1.30 bits per heavy atom. The summed E-state index contributed by atoms with van der Waals surface area (Å²) in [4.78, 5) is 10.9. The van der Waals surface area contributed by atoms with Crippen molar-refractivity contribution < 1.29 is 19.0 Å². The lowest BCUT2D eigenvalue weighted by molar-refractivity contribution is -0.217. The van der Waals surface area contributed by atoms with Crippen LogP contribution in [0.25, 0.3) is 0 Å². The number of rotatable bonds is 9. The normalized spacial score (nSPS) is 19.3. The van der Waals surface area contributed by atoms with Crippen LogP contribution in [0.3, 0.4) is 0 Å². The summed E-state index contributed by atoms with van der Waals surface area (Å²) in [5.74, 6) is -0.420. The van der Waals surface area contributed by atoms with E-state index >= 15 is 0 Å². The minimum Gasteiger partial charge on any atom is -0.460 e. The smallest absolute Gasteiger partial charge is 0.330 e. The highest BCUT2D eigenvalue weighted by Crippen LogP contribution is 2.36. The summed E-state index contributed by atoms with van der Waals surface area (Å²) in [6.45, 7) is 8.04. The molecule has 4 nitrogen and oxygen atoms in total. The van der Waals surface area contributed by atoms with Gasteiger partial charge in [0.25, 0.3) is 0 Å². The second kappa shape index (κ2) is 9.14. The predicted octanol–water partition coefficient (Wildman–Crippen LogP) is 3.60. The number of esters is 1. The molecular formula is C16H28O4. The molecule has 0 aliphatic heterocycles. The van der Waals surface area contributed by atoms with Crippen molar-refractivity contribution in [2.45, 2.75) is 70.7 Å². The molecule has 1 fully saturated rings. The first kappa shape index (κ1) is 17.2. The van der Waals surface area contributed by atoms with Gasteiger partial charge in [0.1, 0.15) is 6.61 Å². The fourth-order valence-electron chi connectivity index (χ4n) is 2.88. The molecule has 0 saturated heterocycles. The predicted molar refractivity (Wildman–Crippen MR) is 78.4 cm³/mol. The van der Waals surface area contributed by atoms with Crippen molar-refractivity contribution in [3.05, 3.63) is 12.7 Å². The molecule has 0 aromatic rings. The van der Waals surface area contributed by atoms with E-state index in [0.29, 0.717) is 6.61 Å². The maximum Gasteiger partial charge on any atom is 0.330 e. The summed E-state index contributed by atoms with van der Waals surface area (Å²) in [6, 6.07) is 0. The molecule has 1 saturated carbocycles. The van der Waals surface area contributed by atoms with E-state index in [1.54, 1.807) is 0 Å². The van der Waals surface area contributed by atoms with Crippen molar-refractivity contribution in [3.8, 4) is 0 Å². The Morgan fingerprint density at radius 3 is 2.60 bits per heavy atom. The molecule has 1 rings (SSSR count). The molecular weight excluding hydrogens is 256 g/mol. The van der Waals surface area contributed by atoms with Crippen LogP contribution in [0.5, 0.6) is 0 Å². The van der Waals surface area contributed by atoms with Crippen LogP contribution in [0.2, 0.25) is 0 Å². The monoisotopic (exact) mass is 284 g/mol. The standard InChI is InChI=1S/C16H28O4/c1-4-9-16(10-7-6-8-11-16)20-14(3)18-12-13-19-15(17)5-2/h5,14H,2,4,6-13H2,1,3H3. The first-order chi connectivity index (χ1) is 9.62. The fraction of sp³-hybridized carbons (Fsp3) is 0.812. The Balaban J connectivity index is 2.29. The number of hydrogen-bond acceptors (Lipinski definition) is 4. The number of hydrogen-bond donors (Lipinski definition) is 0. The van der Waals surface area contributed by atoms with Gasteiger partial charge in [-0.05, 0) is 26.2 Å². The van der Waals surface area contributed by atoms with Crippen LogP contribution < -0.4 is 0 Å². The summed E-state index contributed by atoms with van der Waals surface area (Å²) in [5.41, 5.74) is -0.00971. The lowest BCUT2D eigenvalue weighted by atomic mass is 9.81. The van der Waals surface area contributed by atoms with Gasteiger partial charge in [-0.2, -0.15) is 0 Å². The van der Waals surface area contributed by atoms with E-state index in [4.69, 9.17) is 14.2 Å². The van der Waals surface area contributed by atoms with Crippen LogP contribution in [-0.2, 0) is 19.0 Å². The Kier molecular flexibility index (Phi) is 7.85. The minimum atomic E-state index is -0.420. The highest BCUT2D eigenvalue weighted by Gasteiger charge is 2.33. The van der Waals surface area contributed by atoms with Gasteiger partial charge in [0.05, 0.1) is 12.2 Å². The third-order valence-electron chi connectivity index (χ3n) is 3.73. The van der Waals surface area contributed by atoms with E-state index < -0.39 is 5.97 Å². The van der Waals surface area contributed by atoms with Crippen molar-refractivity contribution in [2.24, 2.45) is 0 Å². The maximum absolute atomic E-state index is 10.9. The van der Waals surface area contributed by atoms with Gasteiger partial charge in [0.15, 0.2) is 6.29 Å². The van der Waals surface area contributed by atoms with E-state index in [9.17, 15) is 4.79 Å². The van der Waals surface area contributed by atoms with Gasteiger partial charge >= 0.3 is 5.97 Å². The van der Waals surface area contributed by atoms with E-state index in [0.717, 1.165) is 31.8 Å². The lowest BCUT2D eigenvalue weighted by Gasteiger charge is -2.39. The van der Waals surface area contributed by atoms with Crippen LogP contribution in [0.15, 0.2) is 12.7 Å². The third-order valence-corrected chi connectivity index (χ3v) is 3.73. The molecule has 1 atom stereocenters. The molecule has 0 bridgehead atoms. The van der Waals surface area contributed by atoms with Crippen molar-refractivity contribution in [3.63, 3.8) is 0 Å². The first-order valence-corrected chi connectivity index (χ1v) is 7.70. The van der Waals surface area contributed by atoms with Crippen LogP contribution >= 0.6 is 0 Å². The van der Waals surface area contributed by atoms with Gasteiger partial charge in [-0.25, -0.2) is 4.79 Å². The zero-order valence-electron chi connectivity index (χ0n) is 12.9. The molecule has 0 N–H and O–H groups in total. The Hall–Kier alpha value is -0.870. The van der Waals surface area contributed by atoms with Gasteiger partial charge in [-0.1, -0.05) is 39.2 Å². The minimum absolute atomic E-state index is 0.00971. The molecule has 116 valence electrons. The van der Waals surface area contributed by atoms with Gasteiger partial charge < -0.3 is 14.2 Å². The molecule has 0 spiro atoms. The molecule has 0 heterocycles. The molecule has 4 heteroatoms. The summed E-state index contributed by atoms with van der Waals surface area (Å²) in [5, 5.41) is 0. The summed E-state index contributed by atoms with van der Waals surface area (Å²) in [7, 11) is 0. The summed E-state index contributed by atoms with van der Waals surface area (Å²) in [6.07, 6.45) is 9.14. The van der Waals surface area contributed by atoms with Crippen LogP contribution in [0, 0.1) is 0 Å². The average molecular weight is 284 g/mol. The average Bonchev–Trinajstić information content (AvgIpc) is 2.44. The number of ether oxygens (including phenoxy) is 3. The van der Waals surface area contributed by atoms with Crippen molar-refractivity contribution in [2.75, 3.05) is 13.2 Å². The Morgan fingerprint density at radius 2 is 2.00 bits per heavy atom. The lowest BCUT2D eigenvalue weighted by Crippen LogP contribution is -2.39. The van der Waals surface area contributed by atoms with Gasteiger partial charge in [0.2, 0.25) is 0 Å². The fourth-order valence-corrected chi connectivity index (χ4v) is 2.88. The maximum atomic E-state index is 10.9. The largest absolute Gasteiger partial charge is 0.460 e. The SMILES string of the molecule is C=CC(=O)OCCOC(C)OC1(CCC)CCCCC1. The van der Waals surface area contributed by atoms with E-state index in [2.05, 4.69) is 13.5 Å². The van der Waals surface area contributed by atoms with E-state index in [1.807, 2.05) is 6.92 Å². The zero-order valence-corrected chi connectivity index (χ0v) is 12.9. The molecule has 0 aromatic carbocycles. The first-order valence-electron chi connectivity index (χ1n) is 7.70. The highest BCUT2D eigenvalue weighted by molar-refractivity contribution is 5.81. The molecule has 1 aliphatic rings. The van der Waals surface area contributed by atoms with Crippen molar-refractivity contribution >= 4 is 5.97 Å². The number of carbonyl (C=O) groups excluding carboxylic acids is 1. The Bertz CT molecular complexity index is 289. The van der Waals surface area contributed by atoms with Gasteiger partial charge in [-0.3, -0.25) is 0 Å². The van der Waals surface area contributed by atoms with Crippen LogP contribution in [0.1, 0.15) is 58.8 Å². The molecule has 0 radical (unpaired) electrons. The van der Waals surface area contributed by atoms with Gasteiger partial charge in [-0.15, -0.1) is 0 Å². The number of carbonyl (C=O) groups is 1. The second-order valence-electron chi connectivity index (χ2n) is 5.42. The molecule has 20 heavy (non-hydrogen) atoms.